The Kier molecular flexibility index (Phi) is 3.69. The van der Waals surface area contributed by atoms with Crippen molar-refractivity contribution in [2.24, 2.45) is 28.6 Å². The first-order valence-corrected chi connectivity index (χ1v) is 11.9. The minimum Gasteiger partial charge on any atom is -0.458 e. The molecule has 1 unspecified atom stereocenters. The highest BCUT2D eigenvalue weighted by molar-refractivity contribution is 8.14. The number of hydrogen-bond donors (Lipinski definition) is 0. The van der Waals surface area contributed by atoms with E-state index in [1.165, 1.54) is 0 Å². The molecule has 3 saturated carbocycles. The zero-order valence-electron chi connectivity index (χ0n) is 20.3. The summed E-state index contributed by atoms with van der Waals surface area (Å²) >= 11 is 0.987. The van der Waals surface area contributed by atoms with Gasteiger partial charge in [0.2, 0.25) is 0 Å². The zero-order chi connectivity index (χ0) is 23.1. The third-order valence-corrected chi connectivity index (χ3v) is 10.5. The Morgan fingerprint density at radius 2 is 1.93 bits per heavy atom. The van der Waals surface area contributed by atoms with Crippen LogP contribution in [0, 0.1) is 28.6 Å². The fourth-order valence-electron chi connectivity index (χ4n) is 8.05. The molecule has 1 aliphatic heterocycles. The van der Waals surface area contributed by atoms with Crippen LogP contribution in [0.3, 0.4) is 0 Å². The largest absolute Gasteiger partial charge is 0.458 e. The van der Waals surface area contributed by atoms with Crippen LogP contribution >= 0.6 is 11.8 Å². The van der Waals surface area contributed by atoms with Crippen molar-refractivity contribution in [1.82, 2.24) is 0 Å². The SMILES string of the molecule is [2H]C([2H])([2H])C(=O)S[C@@H]1CC2=CC(=O)CC[C@]2(C)[C@H]2CC[C@@]3(C)C(CC[C@@]34CCC(=O)O4)[C@H]12. The zero-order valence-corrected chi connectivity index (χ0v) is 18.1. The summed E-state index contributed by atoms with van der Waals surface area (Å²) in [6.07, 6.45) is 8.71. The molecule has 1 spiro atoms. The molecule has 0 aromatic carbocycles. The van der Waals surface area contributed by atoms with E-state index in [1.54, 1.807) is 6.08 Å². The van der Waals surface area contributed by atoms with E-state index in [0.29, 0.717) is 25.2 Å². The van der Waals surface area contributed by atoms with Crippen molar-refractivity contribution in [1.29, 1.82) is 0 Å². The van der Waals surface area contributed by atoms with Gasteiger partial charge in [-0.3, -0.25) is 14.4 Å². The predicted octanol–water partition coefficient (Wildman–Crippen LogP) is 4.85. The average Bonchev–Trinajstić information content (AvgIpc) is 3.23. The number of allylic oxidation sites excluding steroid dienone is 1. The summed E-state index contributed by atoms with van der Waals surface area (Å²) in [5.41, 5.74) is 0.462. The molecule has 0 radical (unpaired) electrons. The van der Waals surface area contributed by atoms with Gasteiger partial charge in [-0.2, -0.15) is 0 Å². The molecule has 1 heterocycles. The molecule has 0 aromatic rings. The molecule has 5 aliphatic rings. The van der Waals surface area contributed by atoms with Crippen LogP contribution in [0.1, 0.15) is 82.6 Å². The summed E-state index contributed by atoms with van der Waals surface area (Å²) in [5, 5.41) is -0.908. The minimum absolute atomic E-state index is 0.0812. The molecule has 0 bridgehead atoms. The number of fused-ring (bicyclic) bond motifs is 6. The van der Waals surface area contributed by atoms with Crippen LogP contribution in [-0.4, -0.2) is 27.7 Å². The topological polar surface area (TPSA) is 60.4 Å². The molecule has 4 fully saturated rings. The summed E-state index contributed by atoms with van der Waals surface area (Å²) in [6.45, 7) is 1.91. The first kappa shape index (κ1) is 16.6. The van der Waals surface area contributed by atoms with Crippen LogP contribution in [0.25, 0.3) is 0 Å². The van der Waals surface area contributed by atoms with Crippen molar-refractivity contribution in [2.45, 2.75) is 89.3 Å². The lowest BCUT2D eigenvalue weighted by atomic mass is 9.46. The lowest BCUT2D eigenvalue weighted by molar-refractivity contribution is -0.167. The predicted molar refractivity (Wildman–Crippen MR) is 112 cm³/mol. The van der Waals surface area contributed by atoms with Crippen molar-refractivity contribution in [3.8, 4) is 0 Å². The Bertz CT molecular complexity index is 913. The molecule has 5 heteroatoms. The van der Waals surface area contributed by atoms with E-state index in [0.717, 1.165) is 55.9 Å². The van der Waals surface area contributed by atoms with Gasteiger partial charge in [0.1, 0.15) is 5.60 Å². The molecule has 1 saturated heterocycles. The number of ketones is 1. The number of thioether (sulfide) groups is 1. The highest BCUT2D eigenvalue weighted by atomic mass is 32.2. The molecular formula is C24H32O4S. The van der Waals surface area contributed by atoms with E-state index in [2.05, 4.69) is 13.8 Å². The van der Waals surface area contributed by atoms with Crippen LogP contribution in [-0.2, 0) is 19.1 Å². The lowest BCUT2D eigenvalue weighted by Crippen LogP contribution is -2.57. The van der Waals surface area contributed by atoms with Crippen LogP contribution in [0.5, 0.6) is 0 Å². The molecule has 0 amide bonds. The number of carbonyl (C=O) groups excluding carboxylic acids is 3. The van der Waals surface area contributed by atoms with Gasteiger partial charge < -0.3 is 4.74 Å². The summed E-state index contributed by atoms with van der Waals surface area (Å²) in [6, 6.07) is 0. The lowest BCUT2D eigenvalue weighted by Gasteiger charge is -2.61. The average molecular weight is 420 g/mol. The van der Waals surface area contributed by atoms with Crippen molar-refractivity contribution in [2.75, 3.05) is 0 Å². The second kappa shape index (κ2) is 6.45. The van der Waals surface area contributed by atoms with E-state index < -0.39 is 17.6 Å². The van der Waals surface area contributed by atoms with E-state index >= 15 is 0 Å². The minimum atomic E-state index is -2.63. The summed E-state index contributed by atoms with van der Waals surface area (Å²) in [7, 11) is 0. The fraction of sp³-hybridized carbons (Fsp3) is 0.792. The molecule has 158 valence electrons. The number of hydrogen-bond acceptors (Lipinski definition) is 5. The molecule has 29 heavy (non-hydrogen) atoms. The highest BCUT2D eigenvalue weighted by Gasteiger charge is 2.68. The van der Waals surface area contributed by atoms with Gasteiger partial charge in [-0.15, -0.1) is 0 Å². The van der Waals surface area contributed by atoms with Gasteiger partial charge in [0, 0.05) is 34.5 Å². The molecule has 7 atom stereocenters. The first-order chi connectivity index (χ1) is 14.9. The van der Waals surface area contributed by atoms with Gasteiger partial charge in [-0.05, 0) is 74.2 Å². The van der Waals surface area contributed by atoms with Gasteiger partial charge in [0.25, 0.3) is 0 Å². The number of carbonyl (C=O) groups is 3. The number of esters is 1. The maximum Gasteiger partial charge on any atom is 0.306 e. The van der Waals surface area contributed by atoms with E-state index in [9.17, 15) is 14.4 Å². The normalized spacial score (nSPS) is 50.6. The first-order valence-electron chi connectivity index (χ1n) is 12.6. The van der Waals surface area contributed by atoms with Gasteiger partial charge >= 0.3 is 5.97 Å². The highest BCUT2D eigenvalue weighted by Crippen LogP contribution is 2.70. The quantitative estimate of drug-likeness (QED) is 0.569. The summed E-state index contributed by atoms with van der Waals surface area (Å²) < 4.78 is 28.9. The van der Waals surface area contributed by atoms with Gasteiger partial charge in [-0.1, -0.05) is 31.2 Å². The van der Waals surface area contributed by atoms with Crippen molar-refractivity contribution >= 4 is 28.6 Å². The van der Waals surface area contributed by atoms with E-state index in [1.807, 2.05) is 0 Å². The third kappa shape index (κ3) is 2.68. The Morgan fingerprint density at radius 1 is 1.14 bits per heavy atom. The smallest absolute Gasteiger partial charge is 0.306 e. The van der Waals surface area contributed by atoms with E-state index in [4.69, 9.17) is 8.85 Å². The summed E-state index contributed by atoms with van der Waals surface area (Å²) in [4.78, 5) is 37.0. The monoisotopic (exact) mass is 419 g/mol. The van der Waals surface area contributed by atoms with Crippen LogP contribution < -0.4 is 0 Å². The van der Waals surface area contributed by atoms with Crippen molar-refractivity contribution in [3.63, 3.8) is 0 Å². The fourth-order valence-corrected chi connectivity index (χ4v) is 9.13. The van der Waals surface area contributed by atoms with E-state index in [-0.39, 0.29) is 39.7 Å². The molecule has 4 nitrogen and oxygen atoms in total. The number of ether oxygens (including phenoxy) is 1. The maximum absolute atomic E-state index is 12.6. The molecule has 0 N–H and O–H groups in total. The van der Waals surface area contributed by atoms with Gasteiger partial charge in [0.15, 0.2) is 10.9 Å². The standard InChI is InChI=1S/C24H32O4S/c1-14(25)29-19-13-15-12-16(26)4-8-22(15,2)17-5-9-23(3)18(21(17)19)6-10-24(23)11-7-20(27)28-24/h12,17-19,21H,4-11,13H2,1-3H3/t17-,18?,19+,21+,22-,23-,24+/m0/s1/i1D3. The van der Waals surface area contributed by atoms with Gasteiger partial charge in [0.05, 0.1) is 0 Å². The van der Waals surface area contributed by atoms with Crippen molar-refractivity contribution < 1.29 is 23.2 Å². The molecule has 4 aliphatic carbocycles. The molecular weight excluding hydrogens is 384 g/mol. The summed E-state index contributed by atoms with van der Waals surface area (Å²) in [5.74, 6) is 0.802. The van der Waals surface area contributed by atoms with Crippen LogP contribution in [0.15, 0.2) is 11.6 Å². The molecule has 5 rings (SSSR count). The maximum atomic E-state index is 12.6. The van der Waals surface area contributed by atoms with Crippen LogP contribution in [0.4, 0.5) is 0 Å². The Balaban J connectivity index is 1.55. The van der Waals surface area contributed by atoms with Gasteiger partial charge in [-0.25, -0.2) is 0 Å². The number of rotatable bonds is 1. The second-order valence-electron chi connectivity index (χ2n) is 10.5. The Hall–Kier alpha value is -1.10. The second-order valence-corrected chi connectivity index (χ2v) is 11.7. The Morgan fingerprint density at radius 3 is 2.66 bits per heavy atom. The Labute approximate surface area is 181 Å². The van der Waals surface area contributed by atoms with Crippen LogP contribution in [0.2, 0.25) is 0 Å². The third-order valence-electron chi connectivity index (χ3n) is 9.55. The van der Waals surface area contributed by atoms with Crippen molar-refractivity contribution in [3.05, 3.63) is 11.6 Å². The molecule has 0 aromatic heterocycles.